The molecule has 0 aliphatic heterocycles. The second-order valence-corrected chi connectivity index (χ2v) is 2.61. The maximum absolute atomic E-state index is 10.8. The molecule has 0 saturated carbocycles. The van der Waals surface area contributed by atoms with Gasteiger partial charge in [0, 0.05) is 23.4 Å². The Balaban J connectivity index is 3.30. The minimum Gasteiger partial charge on any atom is -0.310 e. The highest BCUT2D eigenvalue weighted by molar-refractivity contribution is 5.26. The van der Waals surface area contributed by atoms with Gasteiger partial charge < -0.3 is 4.98 Å². The lowest BCUT2D eigenvalue weighted by molar-refractivity contribution is 0.942. The Labute approximate surface area is 70.9 Å². The summed E-state index contributed by atoms with van der Waals surface area (Å²) in [5, 5.41) is 0. The van der Waals surface area contributed by atoms with Gasteiger partial charge in [0.1, 0.15) is 0 Å². The summed E-state index contributed by atoms with van der Waals surface area (Å²) in [4.78, 5) is 17.2. The third kappa shape index (κ3) is 1.54. The summed E-state index contributed by atoms with van der Waals surface area (Å²) in [5.74, 6) is 2.52. The zero-order chi connectivity index (χ0) is 9.14. The van der Waals surface area contributed by atoms with Crippen molar-refractivity contribution in [2.75, 3.05) is 0 Å². The fourth-order valence-corrected chi connectivity index (χ4v) is 1.12. The van der Waals surface area contributed by atoms with Crippen LogP contribution in [-0.4, -0.2) is 9.97 Å². The van der Waals surface area contributed by atoms with Crippen LogP contribution in [0.5, 0.6) is 0 Å². The first-order valence-corrected chi connectivity index (χ1v) is 3.65. The van der Waals surface area contributed by atoms with Crippen LogP contribution in [0.3, 0.4) is 0 Å². The van der Waals surface area contributed by atoms with E-state index in [1.54, 1.807) is 6.92 Å². The van der Waals surface area contributed by atoms with E-state index in [1.165, 1.54) is 0 Å². The number of aromatic nitrogens is 2. The smallest absolute Gasteiger partial charge is 0.310 e. The minimum atomic E-state index is -0.314. The van der Waals surface area contributed by atoms with Gasteiger partial charge in [-0.3, -0.25) is 0 Å². The van der Waals surface area contributed by atoms with Crippen molar-refractivity contribution in [3.05, 3.63) is 27.4 Å². The van der Waals surface area contributed by atoms with Crippen LogP contribution >= 0.6 is 0 Å². The van der Waals surface area contributed by atoms with E-state index < -0.39 is 0 Å². The molecule has 3 nitrogen and oxygen atoms in total. The second-order valence-electron chi connectivity index (χ2n) is 2.61. The molecular formula is C9H10N2O. The van der Waals surface area contributed by atoms with Crippen molar-refractivity contribution in [3.8, 4) is 12.3 Å². The third-order valence-electron chi connectivity index (χ3n) is 1.73. The number of aromatic amines is 1. The van der Waals surface area contributed by atoms with Gasteiger partial charge in [0.25, 0.3) is 0 Å². The molecule has 3 heteroatoms. The number of terminal acetylenes is 1. The quantitative estimate of drug-likeness (QED) is 0.613. The van der Waals surface area contributed by atoms with E-state index in [0.717, 1.165) is 11.3 Å². The van der Waals surface area contributed by atoms with Crippen molar-refractivity contribution in [2.24, 2.45) is 0 Å². The fraction of sp³-hybridized carbons (Fsp3) is 0.333. The summed E-state index contributed by atoms with van der Waals surface area (Å²) in [6, 6.07) is 0. The van der Waals surface area contributed by atoms with Crippen molar-refractivity contribution in [1.82, 2.24) is 9.97 Å². The molecule has 0 fully saturated rings. The van der Waals surface area contributed by atoms with Crippen LogP contribution < -0.4 is 5.69 Å². The molecule has 12 heavy (non-hydrogen) atoms. The maximum Gasteiger partial charge on any atom is 0.345 e. The van der Waals surface area contributed by atoms with Crippen LogP contribution in [0.1, 0.15) is 17.0 Å². The number of aryl methyl sites for hydroxylation is 2. The van der Waals surface area contributed by atoms with Crippen molar-refractivity contribution < 1.29 is 0 Å². The molecule has 0 saturated heterocycles. The van der Waals surface area contributed by atoms with E-state index in [4.69, 9.17) is 6.42 Å². The van der Waals surface area contributed by atoms with Gasteiger partial charge in [-0.25, -0.2) is 4.79 Å². The SMILES string of the molecule is C#CCc1c(C)nc(=O)[nH]c1C. The van der Waals surface area contributed by atoms with E-state index in [1.807, 2.05) is 6.92 Å². The normalized spacial score (nSPS) is 9.42. The Hall–Kier alpha value is -1.56. The molecule has 0 radical (unpaired) electrons. The first-order chi connectivity index (χ1) is 5.65. The molecule has 62 valence electrons. The van der Waals surface area contributed by atoms with Gasteiger partial charge in [-0.05, 0) is 13.8 Å². The summed E-state index contributed by atoms with van der Waals surface area (Å²) in [5.41, 5.74) is 2.16. The molecule has 0 amide bonds. The number of H-pyrrole nitrogens is 1. The van der Waals surface area contributed by atoms with E-state index in [0.29, 0.717) is 12.1 Å². The fourth-order valence-electron chi connectivity index (χ4n) is 1.12. The Morgan fingerprint density at radius 3 is 2.75 bits per heavy atom. The Kier molecular flexibility index (Phi) is 2.29. The lowest BCUT2D eigenvalue weighted by Gasteiger charge is -2.03. The zero-order valence-electron chi connectivity index (χ0n) is 7.14. The van der Waals surface area contributed by atoms with Crippen LogP contribution in [0.2, 0.25) is 0 Å². The van der Waals surface area contributed by atoms with Crippen LogP contribution in [0.25, 0.3) is 0 Å². The standard InChI is InChI=1S/C9H10N2O/c1-4-5-8-6(2)10-9(12)11-7(8)3/h1H,5H2,2-3H3,(H,10,11,12). The number of hydrogen-bond acceptors (Lipinski definition) is 2. The van der Waals surface area contributed by atoms with Gasteiger partial charge in [-0.15, -0.1) is 12.3 Å². The number of nitrogens with zero attached hydrogens (tertiary/aromatic N) is 1. The first-order valence-electron chi connectivity index (χ1n) is 3.65. The molecule has 0 spiro atoms. The van der Waals surface area contributed by atoms with E-state index in [9.17, 15) is 4.79 Å². The van der Waals surface area contributed by atoms with Gasteiger partial charge >= 0.3 is 5.69 Å². The molecule has 1 N–H and O–H groups in total. The lowest BCUT2D eigenvalue weighted by atomic mass is 10.1. The van der Waals surface area contributed by atoms with Crippen molar-refractivity contribution in [1.29, 1.82) is 0 Å². The predicted octanol–water partition coefficient (Wildman–Crippen LogP) is 0.562. The maximum atomic E-state index is 10.8. The molecular weight excluding hydrogens is 152 g/mol. The first kappa shape index (κ1) is 8.54. The Morgan fingerprint density at radius 1 is 1.58 bits per heavy atom. The Morgan fingerprint density at radius 2 is 2.25 bits per heavy atom. The number of nitrogens with one attached hydrogen (secondary N) is 1. The molecule has 1 aromatic heterocycles. The molecule has 1 heterocycles. The molecule has 1 rings (SSSR count). The van der Waals surface area contributed by atoms with Gasteiger partial charge in [-0.1, -0.05) is 0 Å². The number of hydrogen-bond donors (Lipinski definition) is 1. The van der Waals surface area contributed by atoms with E-state index >= 15 is 0 Å². The molecule has 1 aromatic rings. The van der Waals surface area contributed by atoms with Crippen molar-refractivity contribution in [3.63, 3.8) is 0 Å². The average Bonchev–Trinajstić information content (AvgIpc) is 1.96. The topological polar surface area (TPSA) is 45.8 Å². The lowest BCUT2D eigenvalue weighted by Crippen LogP contribution is -2.15. The van der Waals surface area contributed by atoms with Gasteiger partial charge in [-0.2, -0.15) is 4.98 Å². The molecule has 0 atom stereocenters. The average molecular weight is 162 g/mol. The van der Waals surface area contributed by atoms with Gasteiger partial charge in [0.2, 0.25) is 0 Å². The zero-order valence-corrected chi connectivity index (χ0v) is 7.14. The summed E-state index contributed by atoms with van der Waals surface area (Å²) >= 11 is 0. The molecule has 0 bridgehead atoms. The number of rotatable bonds is 1. The van der Waals surface area contributed by atoms with Crippen LogP contribution in [0.4, 0.5) is 0 Å². The van der Waals surface area contributed by atoms with Crippen molar-refractivity contribution in [2.45, 2.75) is 20.3 Å². The van der Waals surface area contributed by atoms with E-state index in [-0.39, 0.29) is 5.69 Å². The predicted molar refractivity (Wildman–Crippen MR) is 46.9 cm³/mol. The summed E-state index contributed by atoms with van der Waals surface area (Å²) < 4.78 is 0. The van der Waals surface area contributed by atoms with Crippen LogP contribution in [0, 0.1) is 26.2 Å². The molecule has 0 aromatic carbocycles. The highest BCUT2D eigenvalue weighted by atomic mass is 16.1. The summed E-state index contributed by atoms with van der Waals surface area (Å²) in [6.07, 6.45) is 5.68. The van der Waals surface area contributed by atoms with Crippen LogP contribution in [-0.2, 0) is 6.42 Å². The summed E-state index contributed by atoms with van der Waals surface area (Å²) in [6.45, 7) is 3.61. The van der Waals surface area contributed by atoms with Gasteiger partial charge in [0.05, 0.1) is 0 Å². The highest BCUT2D eigenvalue weighted by Gasteiger charge is 2.02. The third-order valence-corrected chi connectivity index (χ3v) is 1.73. The van der Waals surface area contributed by atoms with Gasteiger partial charge in [0.15, 0.2) is 0 Å². The van der Waals surface area contributed by atoms with E-state index in [2.05, 4.69) is 15.9 Å². The monoisotopic (exact) mass is 162 g/mol. The molecule has 0 unspecified atom stereocenters. The molecule has 0 aliphatic rings. The Bertz CT molecular complexity index is 358. The van der Waals surface area contributed by atoms with Crippen LogP contribution in [0.15, 0.2) is 4.79 Å². The minimum absolute atomic E-state index is 0.314. The van der Waals surface area contributed by atoms with Crippen molar-refractivity contribution >= 4 is 0 Å². The highest BCUT2D eigenvalue weighted by Crippen LogP contribution is 2.05. The molecule has 0 aliphatic carbocycles. The summed E-state index contributed by atoms with van der Waals surface area (Å²) in [7, 11) is 0. The largest absolute Gasteiger partial charge is 0.345 e. The second kappa shape index (κ2) is 3.22.